The summed E-state index contributed by atoms with van der Waals surface area (Å²) in [5.41, 5.74) is 0. The molecule has 0 rings (SSSR count). The van der Waals surface area contributed by atoms with Crippen molar-refractivity contribution in [2.75, 3.05) is 47.5 Å². The molecule has 0 aliphatic carbocycles. The van der Waals surface area contributed by atoms with Crippen LogP contribution in [-0.4, -0.2) is 74.9 Å². The number of quaternary nitrogens is 1. The molecular formula is C82H153NO8P+. The first-order chi connectivity index (χ1) is 45.0. The fourth-order valence-corrected chi connectivity index (χ4v) is 12.4. The van der Waals surface area contributed by atoms with E-state index in [1.165, 1.54) is 289 Å². The zero-order valence-electron chi connectivity index (χ0n) is 61.5. The zero-order valence-corrected chi connectivity index (χ0v) is 62.4. The van der Waals surface area contributed by atoms with Crippen LogP contribution >= 0.6 is 7.82 Å². The predicted octanol–water partition coefficient (Wildman–Crippen LogP) is 26.3. The van der Waals surface area contributed by atoms with E-state index in [-0.39, 0.29) is 25.6 Å². The molecule has 0 spiro atoms. The molecule has 0 radical (unpaired) electrons. The average Bonchev–Trinajstić information content (AvgIpc) is 2.34. The first-order valence-electron chi connectivity index (χ1n) is 39.7. The predicted molar refractivity (Wildman–Crippen MR) is 399 cm³/mol. The minimum atomic E-state index is -4.39. The van der Waals surface area contributed by atoms with Gasteiger partial charge in [0.15, 0.2) is 6.10 Å². The van der Waals surface area contributed by atoms with E-state index in [1.807, 2.05) is 21.1 Å². The highest BCUT2D eigenvalue weighted by Gasteiger charge is 2.27. The Labute approximate surface area is 571 Å². The van der Waals surface area contributed by atoms with Crippen LogP contribution in [0, 0.1) is 0 Å². The lowest BCUT2D eigenvalue weighted by Crippen LogP contribution is -2.37. The number of unbranched alkanes of at least 4 members (excludes halogenated alkanes) is 48. The summed E-state index contributed by atoms with van der Waals surface area (Å²) in [7, 11) is 1.50. The number of likely N-dealkylation sites (N-methyl/N-ethyl adjacent to an activating group) is 1. The summed E-state index contributed by atoms with van der Waals surface area (Å²) in [6.45, 7) is 4.38. The second-order valence-electron chi connectivity index (χ2n) is 28.1. The van der Waals surface area contributed by atoms with Crippen molar-refractivity contribution in [1.29, 1.82) is 0 Å². The molecule has 2 unspecified atom stereocenters. The lowest BCUT2D eigenvalue weighted by Gasteiger charge is -2.24. The Hall–Kier alpha value is -2.55. The average molecular weight is 1310 g/mol. The van der Waals surface area contributed by atoms with Gasteiger partial charge in [0.1, 0.15) is 19.8 Å². The van der Waals surface area contributed by atoms with Crippen LogP contribution in [0.15, 0.2) is 72.9 Å². The number of rotatable bonds is 74. The lowest BCUT2D eigenvalue weighted by molar-refractivity contribution is -0.870. The minimum absolute atomic E-state index is 0.0335. The van der Waals surface area contributed by atoms with Gasteiger partial charge in [0.05, 0.1) is 27.7 Å². The molecule has 538 valence electrons. The van der Waals surface area contributed by atoms with Gasteiger partial charge in [-0.15, -0.1) is 0 Å². The normalized spacial score (nSPS) is 13.4. The van der Waals surface area contributed by atoms with Gasteiger partial charge < -0.3 is 18.9 Å². The van der Waals surface area contributed by atoms with E-state index in [9.17, 15) is 19.0 Å². The number of hydrogen-bond donors (Lipinski definition) is 1. The quantitative estimate of drug-likeness (QED) is 0.0211. The van der Waals surface area contributed by atoms with Gasteiger partial charge in [0.2, 0.25) is 0 Å². The number of phosphoric ester groups is 1. The maximum absolute atomic E-state index is 12.9. The first-order valence-corrected chi connectivity index (χ1v) is 41.2. The van der Waals surface area contributed by atoms with Crippen molar-refractivity contribution >= 4 is 19.8 Å². The van der Waals surface area contributed by atoms with Gasteiger partial charge in [-0.3, -0.25) is 18.6 Å². The van der Waals surface area contributed by atoms with Gasteiger partial charge in [-0.25, -0.2) is 4.57 Å². The summed E-state index contributed by atoms with van der Waals surface area (Å²) in [4.78, 5) is 36.0. The van der Waals surface area contributed by atoms with Crippen molar-refractivity contribution in [3.63, 3.8) is 0 Å². The smallest absolute Gasteiger partial charge is 0.462 e. The number of phosphoric acid groups is 1. The lowest BCUT2D eigenvalue weighted by atomic mass is 10.0. The van der Waals surface area contributed by atoms with Crippen LogP contribution in [0.1, 0.15) is 386 Å². The zero-order chi connectivity index (χ0) is 66.9. The summed E-state index contributed by atoms with van der Waals surface area (Å²) in [5, 5.41) is 0. The van der Waals surface area contributed by atoms with Crippen LogP contribution < -0.4 is 0 Å². The Morgan fingerprint density at radius 3 is 0.924 bits per heavy atom. The molecule has 9 nitrogen and oxygen atoms in total. The highest BCUT2D eigenvalue weighted by molar-refractivity contribution is 7.47. The van der Waals surface area contributed by atoms with E-state index in [0.717, 1.165) is 64.2 Å². The molecule has 0 aromatic rings. The Morgan fingerprint density at radius 2 is 0.620 bits per heavy atom. The Balaban J connectivity index is 3.92. The molecule has 0 aromatic heterocycles. The number of carbonyl (C=O) groups excluding carboxylic acids is 2. The molecule has 92 heavy (non-hydrogen) atoms. The van der Waals surface area contributed by atoms with Gasteiger partial charge in [0.25, 0.3) is 0 Å². The molecule has 0 heterocycles. The molecule has 10 heteroatoms. The first kappa shape index (κ1) is 89.5. The monoisotopic (exact) mass is 1310 g/mol. The highest BCUT2D eigenvalue weighted by atomic mass is 31.2. The standard InChI is InChI=1S/C82H152NO8P/c1-6-8-10-12-14-16-18-20-22-24-26-28-30-32-34-36-38-39-40-41-42-43-45-47-49-51-53-55-57-59-61-63-65-67-69-71-73-75-82(85)91-80(79-90-92(86,87)89-77-76-83(3,4)5)78-88-81(84)74-72-70-68-66-64-62-60-58-56-54-52-50-48-46-44-37-35-33-31-29-27-25-23-21-19-17-15-13-11-9-7-2/h8,10,14,16,19-22,25-28,80H,6-7,9,11-13,15,17-18,23-24,29-79H2,1-5H3/p+1/b10-8-,16-14-,21-19-,22-20-,27-25-,28-26-. The van der Waals surface area contributed by atoms with E-state index < -0.39 is 26.5 Å². The van der Waals surface area contributed by atoms with E-state index in [2.05, 4.69) is 86.8 Å². The Kier molecular flexibility index (Phi) is 70.7. The van der Waals surface area contributed by atoms with Crippen molar-refractivity contribution in [2.24, 2.45) is 0 Å². The second kappa shape index (κ2) is 72.7. The molecule has 2 atom stereocenters. The number of hydrogen-bond acceptors (Lipinski definition) is 7. The van der Waals surface area contributed by atoms with Crippen molar-refractivity contribution in [2.45, 2.75) is 392 Å². The van der Waals surface area contributed by atoms with Crippen molar-refractivity contribution in [3.05, 3.63) is 72.9 Å². The number of nitrogens with zero attached hydrogens (tertiary/aromatic N) is 1. The maximum atomic E-state index is 12.9. The molecule has 0 aliphatic heterocycles. The van der Waals surface area contributed by atoms with Crippen LogP contribution in [-0.2, 0) is 32.7 Å². The molecule has 0 bridgehead atoms. The van der Waals surface area contributed by atoms with Gasteiger partial charge in [-0.05, 0) is 83.5 Å². The highest BCUT2D eigenvalue weighted by Crippen LogP contribution is 2.43. The van der Waals surface area contributed by atoms with Gasteiger partial charge in [0, 0.05) is 12.8 Å². The Bertz CT molecular complexity index is 1780. The molecule has 1 N–H and O–H groups in total. The summed E-state index contributed by atoms with van der Waals surface area (Å²) < 4.78 is 34.8. The largest absolute Gasteiger partial charge is 0.472 e. The molecule has 0 amide bonds. The van der Waals surface area contributed by atoms with Gasteiger partial charge >= 0.3 is 19.8 Å². The van der Waals surface area contributed by atoms with Gasteiger partial charge in [-0.1, -0.05) is 363 Å². The van der Waals surface area contributed by atoms with Crippen LogP contribution in [0.25, 0.3) is 0 Å². The fraction of sp³-hybridized carbons (Fsp3) is 0.829. The van der Waals surface area contributed by atoms with Crippen LogP contribution in [0.3, 0.4) is 0 Å². The van der Waals surface area contributed by atoms with Crippen LogP contribution in [0.5, 0.6) is 0 Å². The van der Waals surface area contributed by atoms with E-state index >= 15 is 0 Å². The molecule has 0 aliphatic rings. The van der Waals surface area contributed by atoms with Crippen molar-refractivity contribution in [1.82, 2.24) is 0 Å². The maximum Gasteiger partial charge on any atom is 0.472 e. The number of carbonyl (C=O) groups is 2. The molecule has 0 aromatic carbocycles. The summed E-state index contributed by atoms with van der Waals surface area (Å²) >= 11 is 0. The van der Waals surface area contributed by atoms with Crippen molar-refractivity contribution in [3.8, 4) is 0 Å². The SMILES string of the molecule is CC/C=C\C/C=C\C/C=C\C/C=C\CCCCCCCCCCCCCCCCCCCCCCCCCCC(=O)OC(COC(=O)CCCCCCCCCCCCCCCCCCCCC/C=C\C/C=C\CCCCCCC)COP(=O)(O)OCC[N+](C)(C)C. The topological polar surface area (TPSA) is 108 Å². The Morgan fingerprint density at radius 1 is 0.348 bits per heavy atom. The number of esters is 2. The van der Waals surface area contributed by atoms with Crippen LogP contribution in [0.4, 0.5) is 0 Å². The third-order valence-electron chi connectivity index (χ3n) is 17.7. The number of ether oxygens (including phenoxy) is 2. The third kappa shape index (κ3) is 76.5. The number of allylic oxidation sites excluding steroid dienone is 12. The minimum Gasteiger partial charge on any atom is -0.462 e. The third-order valence-corrected chi connectivity index (χ3v) is 18.7. The van der Waals surface area contributed by atoms with E-state index in [4.69, 9.17) is 18.5 Å². The van der Waals surface area contributed by atoms with Crippen molar-refractivity contribution < 1.29 is 42.1 Å². The second-order valence-corrected chi connectivity index (χ2v) is 29.5. The summed E-state index contributed by atoms with van der Waals surface area (Å²) in [6, 6.07) is 0. The van der Waals surface area contributed by atoms with Gasteiger partial charge in [-0.2, -0.15) is 0 Å². The van der Waals surface area contributed by atoms with E-state index in [0.29, 0.717) is 23.9 Å². The molecule has 0 saturated carbocycles. The van der Waals surface area contributed by atoms with E-state index in [1.54, 1.807) is 0 Å². The molecular weight excluding hydrogens is 1160 g/mol. The van der Waals surface area contributed by atoms with Crippen LogP contribution in [0.2, 0.25) is 0 Å². The molecule has 0 saturated heterocycles. The summed E-state index contributed by atoms with van der Waals surface area (Å²) in [5.74, 6) is -0.775. The fourth-order valence-electron chi connectivity index (χ4n) is 11.7. The summed E-state index contributed by atoms with van der Waals surface area (Å²) in [6.07, 6.45) is 99.1. The molecule has 0 fully saturated rings.